The van der Waals surface area contributed by atoms with E-state index in [1.165, 1.54) is 0 Å². The van der Waals surface area contributed by atoms with E-state index in [2.05, 4.69) is 58.7 Å². The van der Waals surface area contributed by atoms with Crippen molar-refractivity contribution in [3.63, 3.8) is 0 Å². The van der Waals surface area contributed by atoms with Gasteiger partial charge in [0.25, 0.3) is 11.1 Å². The monoisotopic (exact) mass is 616 g/mol. The van der Waals surface area contributed by atoms with Crippen LogP contribution in [0.3, 0.4) is 0 Å². The van der Waals surface area contributed by atoms with Gasteiger partial charge in [0, 0.05) is 62.1 Å². The molecule has 0 unspecified atom stereocenters. The molecule has 0 atom stereocenters. The molecule has 0 saturated heterocycles. The van der Waals surface area contributed by atoms with E-state index in [4.69, 9.17) is 10.2 Å². The molecule has 10 nitrogen and oxygen atoms in total. The van der Waals surface area contributed by atoms with Crippen LogP contribution in [-0.2, 0) is 13.1 Å². The van der Waals surface area contributed by atoms with Crippen LogP contribution in [0, 0.1) is 13.8 Å². The van der Waals surface area contributed by atoms with E-state index < -0.39 is 0 Å². The highest BCUT2D eigenvalue weighted by molar-refractivity contribution is 5.84. The van der Waals surface area contributed by atoms with Crippen molar-refractivity contribution in [2.75, 3.05) is 26.3 Å². The van der Waals surface area contributed by atoms with Crippen LogP contribution >= 0.6 is 0 Å². The van der Waals surface area contributed by atoms with Crippen LogP contribution in [0.4, 0.5) is 0 Å². The van der Waals surface area contributed by atoms with Crippen molar-refractivity contribution in [2.45, 2.75) is 26.9 Å². The maximum absolute atomic E-state index is 13.0. The minimum absolute atomic E-state index is 0.00401. The second kappa shape index (κ2) is 13.6. The highest BCUT2D eigenvalue weighted by Gasteiger charge is 2.15. The lowest BCUT2D eigenvalue weighted by atomic mass is 9.88. The van der Waals surface area contributed by atoms with Gasteiger partial charge < -0.3 is 20.8 Å². The van der Waals surface area contributed by atoms with E-state index >= 15 is 0 Å². The Labute approximate surface area is 265 Å². The van der Waals surface area contributed by atoms with Crippen LogP contribution in [0.2, 0.25) is 0 Å². The summed E-state index contributed by atoms with van der Waals surface area (Å²) in [6, 6.07) is 20.2. The molecule has 4 heterocycles. The Morgan fingerprint density at radius 2 is 1.04 bits per heavy atom. The summed E-state index contributed by atoms with van der Waals surface area (Å²) in [7, 11) is 0. The molecule has 0 aliphatic carbocycles. The Kier molecular flexibility index (Phi) is 9.13. The normalized spacial score (nSPS) is 11.5. The first kappa shape index (κ1) is 31.0. The molecule has 4 N–H and O–H groups in total. The predicted molar refractivity (Wildman–Crippen MR) is 180 cm³/mol. The van der Waals surface area contributed by atoms with Gasteiger partial charge in [-0.25, -0.2) is 9.97 Å². The summed E-state index contributed by atoms with van der Waals surface area (Å²) in [4.78, 5) is 35.1. The maximum Gasteiger partial charge on any atom is 0.262 e. The molecule has 0 aliphatic heterocycles. The zero-order valence-electron chi connectivity index (χ0n) is 25.8. The molecule has 0 spiro atoms. The molecule has 4 aromatic heterocycles. The van der Waals surface area contributed by atoms with Gasteiger partial charge in [0.05, 0.1) is 13.2 Å². The number of aliphatic hydroxyl groups is 2. The number of nitrogens with zero attached hydrogens (tertiary/aromatic N) is 4. The molecular formula is C36H36N6O4. The zero-order valence-corrected chi connectivity index (χ0v) is 25.8. The second-order valence-corrected chi connectivity index (χ2v) is 11.2. The van der Waals surface area contributed by atoms with Crippen molar-refractivity contribution < 1.29 is 10.2 Å². The van der Waals surface area contributed by atoms with E-state index in [0.717, 1.165) is 44.5 Å². The molecule has 6 rings (SSSR count). The Bertz CT molecular complexity index is 2020. The van der Waals surface area contributed by atoms with E-state index in [-0.39, 0.29) is 24.3 Å². The molecule has 0 bridgehead atoms. The van der Waals surface area contributed by atoms with Crippen molar-refractivity contribution in [2.24, 2.45) is 0 Å². The fourth-order valence-corrected chi connectivity index (χ4v) is 5.89. The van der Waals surface area contributed by atoms with E-state index in [0.29, 0.717) is 48.6 Å². The molecule has 0 aliphatic rings. The van der Waals surface area contributed by atoms with Crippen LogP contribution in [0.5, 0.6) is 0 Å². The van der Waals surface area contributed by atoms with Gasteiger partial charge in [-0.2, -0.15) is 0 Å². The fourth-order valence-electron chi connectivity index (χ4n) is 5.89. The largest absolute Gasteiger partial charge is 0.395 e. The van der Waals surface area contributed by atoms with Gasteiger partial charge in [0.15, 0.2) is 0 Å². The van der Waals surface area contributed by atoms with Crippen molar-refractivity contribution in [3.05, 3.63) is 128 Å². The minimum Gasteiger partial charge on any atom is -0.395 e. The number of benzene rings is 2. The number of fused-ring (bicyclic) bond motifs is 2. The Hall–Kier alpha value is -5.00. The molecule has 46 heavy (non-hydrogen) atoms. The summed E-state index contributed by atoms with van der Waals surface area (Å²) in [5, 5.41) is 24.1. The highest BCUT2D eigenvalue weighted by Crippen LogP contribution is 2.37. The number of hydrogen-bond donors (Lipinski definition) is 4. The first-order valence-electron chi connectivity index (χ1n) is 15.3. The van der Waals surface area contributed by atoms with Crippen molar-refractivity contribution in [1.29, 1.82) is 0 Å². The molecule has 2 aromatic carbocycles. The minimum atomic E-state index is -0.135. The molecule has 234 valence electrons. The SMILES string of the molecule is Cc1c(-c2ccn3c(=O)c(CNCCO)cnc3c2)cccc1-c1cccc(-c2ccn3c(=O)c(CNCCO)cnc3c2)c1C. The molecule has 0 saturated carbocycles. The van der Waals surface area contributed by atoms with Crippen LogP contribution in [-0.4, -0.2) is 55.3 Å². The summed E-state index contributed by atoms with van der Waals surface area (Å²) in [6.45, 7) is 5.73. The first-order chi connectivity index (χ1) is 22.4. The van der Waals surface area contributed by atoms with E-state index in [9.17, 15) is 9.59 Å². The van der Waals surface area contributed by atoms with Gasteiger partial charge in [-0.05, 0) is 82.6 Å². The first-order valence-corrected chi connectivity index (χ1v) is 15.3. The number of nitrogens with one attached hydrogen (secondary N) is 2. The van der Waals surface area contributed by atoms with Crippen LogP contribution in [0.1, 0.15) is 22.3 Å². The average Bonchev–Trinajstić information content (AvgIpc) is 3.07. The standard InChI is InChI=1S/C36H36N6O4/c1-23-29(25-9-13-41-33(17-25)39-21-27(35(41)45)19-37-11-15-43)5-3-7-31(23)32-8-4-6-30(24(32)2)26-10-14-42-34(18-26)40-22-28(36(42)46)20-38-12-16-44/h3-10,13-14,17-18,21-22,37-38,43-44H,11-12,15-16,19-20H2,1-2H3. The Morgan fingerprint density at radius 3 is 1.46 bits per heavy atom. The summed E-state index contributed by atoms with van der Waals surface area (Å²) in [5.41, 5.74) is 10.4. The van der Waals surface area contributed by atoms with Crippen molar-refractivity contribution >= 4 is 11.3 Å². The molecular weight excluding hydrogens is 580 g/mol. The summed E-state index contributed by atoms with van der Waals surface area (Å²) < 4.78 is 3.10. The second-order valence-electron chi connectivity index (χ2n) is 11.2. The zero-order chi connectivity index (χ0) is 32.2. The lowest BCUT2D eigenvalue weighted by molar-refractivity contribution is 0.291. The third kappa shape index (κ3) is 5.99. The van der Waals surface area contributed by atoms with Crippen LogP contribution in [0.15, 0.2) is 95.0 Å². The maximum atomic E-state index is 13.0. The number of rotatable bonds is 11. The number of pyridine rings is 2. The summed E-state index contributed by atoms with van der Waals surface area (Å²) >= 11 is 0. The third-order valence-electron chi connectivity index (χ3n) is 8.35. The van der Waals surface area contributed by atoms with Crippen LogP contribution in [0.25, 0.3) is 44.7 Å². The average molecular weight is 617 g/mol. The van der Waals surface area contributed by atoms with Gasteiger partial charge in [-0.1, -0.05) is 36.4 Å². The Balaban J connectivity index is 1.34. The highest BCUT2D eigenvalue weighted by atomic mass is 16.3. The van der Waals surface area contributed by atoms with Gasteiger partial charge in [-0.15, -0.1) is 0 Å². The topological polar surface area (TPSA) is 133 Å². The van der Waals surface area contributed by atoms with Gasteiger partial charge in [0.2, 0.25) is 0 Å². The predicted octanol–water partition coefficient (Wildman–Crippen LogP) is 3.48. The molecule has 10 heteroatoms. The summed E-state index contributed by atoms with van der Waals surface area (Å²) in [5.74, 6) is 0. The van der Waals surface area contributed by atoms with Crippen molar-refractivity contribution in [1.82, 2.24) is 29.4 Å². The third-order valence-corrected chi connectivity index (χ3v) is 8.35. The number of aliphatic hydroxyl groups excluding tert-OH is 2. The smallest absolute Gasteiger partial charge is 0.262 e. The number of hydrogen-bond acceptors (Lipinski definition) is 8. The van der Waals surface area contributed by atoms with Gasteiger partial charge in [0.1, 0.15) is 11.3 Å². The quantitative estimate of drug-likeness (QED) is 0.163. The van der Waals surface area contributed by atoms with Gasteiger partial charge in [-0.3, -0.25) is 18.4 Å². The molecule has 0 amide bonds. The molecule has 6 aromatic rings. The van der Waals surface area contributed by atoms with Gasteiger partial charge >= 0.3 is 0 Å². The van der Waals surface area contributed by atoms with E-state index in [1.807, 2.05) is 36.4 Å². The lowest BCUT2D eigenvalue weighted by Crippen LogP contribution is -2.26. The molecule has 0 fully saturated rings. The van der Waals surface area contributed by atoms with Crippen molar-refractivity contribution in [3.8, 4) is 33.4 Å². The number of aromatic nitrogens is 4. The molecule has 0 radical (unpaired) electrons. The van der Waals surface area contributed by atoms with Crippen LogP contribution < -0.4 is 21.8 Å². The fraction of sp³-hybridized carbons (Fsp3) is 0.222. The Morgan fingerprint density at radius 1 is 0.630 bits per heavy atom. The van der Waals surface area contributed by atoms with E-state index in [1.54, 1.807) is 33.6 Å². The summed E-state index contributed by atoms with van der Waals surface area (Å²) in [6.07, 6.45) is 6.72. The lowest BCUT2D eigenvalue weighted by Gasteiger charge is -2.17.